The predicted molar refractivity (Wildman–Crippen MR) is 106 cm³/mol. The van der Waals surface area contributed by atoms with Crippen molar-refractivity contribution in [1.29, 1.82) is 0 Å². The van der Waals surface area contributed by atoms with Crippen LogP contribution in [0.25, 0.3) is 11.0 Å². The van der Waals surface area contributed by atoms with E-state index in [1.54, 1.807) is 28.8 Å². The van der Waals surface area contributed by atoms with Gasteiger partial charge in [0.25, 0.3) is 0 Å². The maximum atomic E-state index is 11.7. The number of ether oxygens (including phenoxy) is 1. The predicted octanol–water partition coefficient (Wildman–Crippen LogP) is 3.33. The van der Waals surface area contributed by atoms with Crippen molar-refractivity contribution < 1.29 is 18.3 Å². The zero-order valence-electron chi connectivity index (χ0n) is 14.5. The second-order valence-electron chi connectivity index (χ2n) is 6.24. The van der Waals surface area contributed by atoms with Crippen LogP contribution < -0.4 is 4.74 Å². The molecule has 0 aliphatic rings. The number of benzene rings is 2. The number of imidazole rings is 1. The zero-order chi connectivity index (χ0) is 19.6. The summed E-state index contributed by atoms with van der Waals surface area (Å²) in [6.07, 6.45) is 0.256. The topological polar surface area (TPSA) is 81.4 Å². The normalized spacial score (nSPS) is 13.0. The van der Waals surface area contributed by atoms with Crippen LogP contribution in [0.1, 0.15) is 5.82 Å². The van der Waals surface area contributed by atoms with Crippen LogP contribution in [0.4, 0.5) is 0 Å². The SMILES string of the molecule is CS(=O)(=O)Cc1nc2ccccc2n1CC(O)COc1ccc(Cl)cc1Cl. The number of rotatable bonds is 7. The Morgan fingerprint density at radius 2 is 1.96 bits per heavy atom. The lowest BCUT2D eigenvalue weighted by molar-refractivity contribution is 0.0929. The van der Waals surface area contributed by atoms with E-state index < -0.39 is 15.9 Å². The Balaban J connectivity index is 1.79. The van der Waals surface area contributed by atoms with Gasteiger partial charge in [-0.25, -0.2) is 13.4 Å². The molecule has 1 unspecified atom stereocenters. The Morgan fingerprint density at radius 1 is 1.22 bits per heavy atom. The van der Waals surface area contributed by atoms with Crippen LogP contribution in [-0.4, -0.2) is 42.0 Å². The molecular weight excluding hydrogens is 411 g/mol. The lowest BCUT2D eigenvalue weighted by atomic mass is 10.3. The number of para-hydroxylation sites is 2. The van der Waals surface area contributed by atoms with Gasteiger partial charge in [-0.05, 0) is 30.3 Å². The number of fused-ring (bicyclic) bond motifs is 1. The molecular formula is C18H18Cl2N2O4S. The number of hydrogen-bond acceptors (Lipinski definition) is 5. The monoisotopic (exact) mass is 428 g/mol. The van der Waals surface area contributed by atoms with Crippen molar-refractivity contribution in [3.05, 3.63) is 58.3 Å². The van der Waals surface area contributed by atoms with E-state index in [4.69, 9.17) is 27.9 Å². The average molecular weight is 429 g/mol. The van der Waals surface area contributed by atoms with Gasteiger partial charge in [-0.15, -0.1) is 0 Å². The minimum atomic E-state index is -3.27. The van der Waals surface area contributed by atoms with Crippen LogP contribution in [0.15, 0.2) is 42.5 Å². The standard InChI is InChI=1S/C18H18Cl2N2O4S/c1-27(24,25)11-18-21-15-4-2-3-5-16(15)22(18)9-13(23)10-26-17-7-6-12(19)8-14(17)20/h2-8,13,23H,9-11H2,1H3. The Labute approximate surface area is 167 Å². The minimum absolute atomic E-state index is 0.0217. The van der Waals surface area contributed by atoms with E-state index in [-0.39, 0.29) is 18.9 Å². The number of hydrogen-bond donors (Lipinski definition) is 1. The first-order valence-corrected chi connectivity index (χ1v) is 10.9. The summed E-state index contributed by atoms with van der Waals surface area (Å²) < 4.78 is 30.7. The molecule has 0 saturated heterocycles. The van der Waals surface area contributed by atoms with Crippen molar-refractivity contribution in [2.24, 2.45) is 0 Å². The highest BCUT2D eigenvalue weighted by atomic mass is 35.5. The Morgan fingerprint density at radius 3 is 2.67 bits per heavy atom. The molecule has 3 rings (SSSR count). The van der Waals surface area contributed by atoms with Crippen LogP contribution in [0.2, 0.25) is 10.0 Å². The molecule has 0 saturated carbocycles. The molecule has 1 heterocycles. The van der Waals surface area contributed by atoms with Crippen LogP contribution in [0.5, 0.6) is 5.75 Å². The number of aliphatic hydroxyl groups is 1. The third-order valence-electron chi connectivity index (χ3n) is 3.84. The van der Waals surface area contributed by atoms with Crippen molar-refractivity contribution in [3.63, 3.8) is 0 Å². The van der Waals surface area contributed by atoms with Gasteiger partial charge in [0.1, 0.15) is 30.0 Å². The molecule has 27 heavy (non-hydrogen) atoms. The first kappa shape index (κ1) is 19.9. The van der Waals surface area contributed by atoms with E-state index in [0.717, 1.165) is 11.8 Å². The van der Waals surface area contributed by atoms with Crippen LogP contribution in [0.3, 0.4) is 0 Å². The van der Waals surface area contributed by atoms with E-state index in [0.29, 0.717) is 27.1 Å². The minimum Gasteiger partial charge on any atom is -0.489 e. The fourth-order valence-electron chi connectivity index (χ4n) is 2.72. The molecule has 1 aromatic heterocycles. The molecule has 3 aromatic rings. The first-order valence-electron chi connectivity index (χ1n) is 8.11. The zero-order valence-corrected chi connectivity index (χ0v) is 16.8. The van der Waals surface area contributed by atoms with E-state index in [1.807, 2.05) is 18.2 Å². The van der Waals surface area contributed by atoms with E-state index in [9.17, 15) is 13.5 Å². The Bertz CT molecular complexity index is 1070. The largest absolute Gasteiger partial charge is 0.489 e. The molecule has 1 N–H and O–H groups in total. The van der Waals surface area contributed by atoms with Crippen LogP contribution in [0, 0.1) is 0 Å². The molecule has 0 spiro atoms. The van der Waals surface area contributed by atoms with Crippen molar-refractivity contribution >= 4 is 44.1 Å². The second kappa shape index (κ2) is 8.06. The number of sulfone groups is 1. The van der Waals surface area contributed by atoms with Crippen molar-refractivity contribution in [3.8, 4) is 5.75 Å². The van der Waals surface area contributed by atoms with Crippen molar-refractivity contribution in [2.45, 2.75) is 18.4 Å². The van der Waals surface area contributed by atoms with Crippen LogP contribution in [-0.2, 0) is 22.1 Å². The highest BCUT2D eigenvalue weighted by Gasteiger charge is 2.18. The highest BCUT2D eigenvalue weighted by molar-refractivity contribution is 7.89. The van der Waals surface area contributed by atoms with Gasteiger partial charge >= 0.3 is 0 Å². The average Bonchev–Trinajstić information content (AvgIpc) is 2.89. The fourth-order valence-corrected chi connectivity index (χ4v) is 3.87. The molecule has 0 amide bonds. The lowest BCUT2D eigenvalue weighted by Gasteiger charge is -2.16. The summed E-state index contributed by atoms with van der Waals surface area (Å²) in [7, 11) is -3.27. The highest BCUT2D eigenvalue weighted by Crippen LogP contribution is 2.27. The molecule has 0 aliphatic heterocycles. The van der Waals surface area contributed by atoms with Gasteiger partial charge in [0, 0.05) is 11.3 Å². The van der Waals surface area contributed by atoms with Gasteiger partial charge in [-0.3, -0.25) is 0 Å². The fraction of sp³-hybridized carbons (Fsp3) is 0.278. The third kappa shape index (κ3) is 5.13. The van der Waals surface area contributed by atoms with Gasteiger partial charge in [0.05, 0.1) is 22.6 Å². The first-order chi connectivity index (χ1) is 12.7. The molecule has 0 fully saturated rings. The Kier molecular flexibility index (Phi) is 5.95. The molecule has 0 aliphatic carbocycles. The molecule has 0 radical (unpaired) electrons. The number of aliphatic hydroxyl groups excluding tert-OH is 1. The van der Waals surface area contributed by atoms with E-state index in [2.05, 4.69) is 4.98 Å². The number of halogens is 2. The summed E-state index contributed by atoms with van der Waals surface area (Å²) in [6.45, 7) is 0.114. The van der Waals surface area contributed by atoms with Gasteiger partial charge in [-0.1, -0.05) is 35.3 Å². The maximum Gasteiger partial charge on any atom is 0.154 e. The van der Waals surface area contributed by atoms with Gasteiger partial charge in [0.15, 0.2) is 9.84 Å². The van der Waals surface area contributed by atoms with Crippen molar-refractivity contribution in [1.82, 2.24) is 9.55 Å². The summed E-state index contributed by atoms with van der Waals surface area (Å²) in [6, 6.07) is 12.1. The number of nitrogens with zero attached hydrogens (tertiary/aromatic N) is 2. The van der Waals surface area contributed by atoms with Gasteiger partial charge in [-0.2, -0.15) is 0 Å². The molecule has 9 heteroatoms. The Hall–Kier alpha value is -1.80. The second-order valence-corrected chi connectivity index (χ2v) is 9.22. The lowest BCUT2D eigenvalue weighted by Crippen LogP contribution is -2.25. The summed E-state index contributed by atoms with van der Waals surface area (Å²) in [5.74, 6) is 0.576. The molecule has 6 nitrogen and oxygen atoms in total. The summed E-state index contributed by atoms with van der Waals surface area (Å²) in [5.41, 5.74) is 1.42. The molecule has 144 valence electrons. The summed E-state index contributed by atoms with van der Waals surface area (Å²) >= 11 is 11.9. The summed E-state index contributed by atoms with van der Waals surface area (Å²) in [5, 5.41) is 11.3. The van der Waals surface area contributed by atoms with Gasteiger partial charge < -0.3 is 14.4 Å². The maximum absolute atomic E-state index is 11.7. The smallest absolute Gasteiger partial charge is 0.154 e. The molecule has 1 atom stereocenters. The molecule has 2 aromatic carbocycles. The van der Waals surface area contributed by atoms with Crippen molar-refractivity contribution in [2.75, 3.05) is 12.9 Å². The quantitative estimate of drug-likeness (QED) is 0.623. The third-order valence-corrected chi connectivity index (χ3v) is 5.16. The van der Waals surface area contributed by atoms with Crippen LogP contribution >= 0.6 is 23.2 Å². The number of aromatic nitrogens is 2. The summed E-state index contributed by atoms with van der Waals surface area (Å²) in [4.78, 5) is 4.39. The van der Waals surface area contributed by atoms with Gasteiger partial charge in [0.2, 0.25) is 0 Å². The van der Waals surface area contributed by atoms with E-state index in [1.165, 1.54) is 0 Å². The molecule has 0 bridgehead atoms. The van der Waals surface area contributed by atoms with E-state index >= 15 is 0 Å².